The van der Waals surface area contributed by atoms with Crippen LogP contribution in [0.5, 0.6) is 5.75 Å². The molecule has 23 heavy (non-hydrogen) atoms. The zero-order valence-corrected chi connectivity index (χ0v) is 14.5. The SMILES string of the molecule is Cc1cccc(NC(=O)C(C)Oc2ccc(C(C)(C)C)cc2)c1. The Balaban J connectivity index is 1.98. The molecule has 0 spiro atoms. The summed E-state index contributed by atoms with van der Waals surface area (Å²) in [5, 5.41) is 2.87. The lowest BCUT2D eigenvalue weighted by molar-refractivity contribution is -0.122. The molecule has 3 heteroatoms. The van der Waals surface area contributed by atoms with E-state index in [9.17, 15) is 4.79 Å². The van der Waals surface area contributed by atoms with E-state index < -0.39 is 6.10 Å². The van der Waals surface area contributed by atoms with Crippen LogP contribution in [0.15, 0.2) is 48.5 Å². The summed E-state index contributed by atoms with van der Waals surface area (Å²) in [4.78, 5) is 12.2. The Morgan fingerprint density at radius 2 is 1.74 bits per heavy atom. The third-order valence-electron chi connectivity index (χ3n) is 3.69. The molecule has 0 fully saturated rings. The van der Waals surface area contributed by atoms with Crippen LogP contribution in [0.1, 0.15) is 38.8 Å². The largest absolute Gasteiger partial charge is 0.481 e. The predicted octanol–water partition coefficient (Wildman–Crippen LogP) is 4.70. The number of amides is 1. The van der Waals surface area contributed by atoms with Gasteiger partial charge in [-0.1, -0.05) is 45.0 Å². The van der Waals surface area contributed by atoms with Crippen molar-refractivity contribution in [3.8, 4) is 5.75 Å². The summed E-state index contributed by atoms with van der Waals surface area (Å²) in [5.41, 5.74) is 3.23. The lowest BCUT2D eigenvalue weighted by atomic mass is 9.87. The van der Waals surface area contributed by atoms with E-state index in [4.69, 9.17) is 4.74 Å². The van der Waals surface area contributed by atoms with E-state index in [-0.39, 0.29) is 11.3 Å². The highest BCUT2D eigenvalue weighted by Crippen LogP contribution is 2.24. The fourth-order valence-corrected chi connectivity index (χ4v) is 2.26. The van der Waals surface area contributed by atoms with E-state index in [2.05, 4.69) is 26.1 Å². The molecule has 0 radical (unpaired) electrons. The minimum Gasteiger partial charge on any atom is -0.481 e. The number of ether oxygens (including phenoxy) is 1. The summed E-state index contributed by atoms with van der Waals surface area (Å²) in [6.45, 7) is 10.2. The highest BCUT2D eigenvalue weighted by atomic mass is 16.5. The van der Waals surface area contributed by atoms with Gasteiger partial charge in [0.1, 0.15) is 5.75 Å². The topological polar surface area (TPSA) is 38.3 Å². The van der Waals surface area contributed by atoms with Crippen LogP contribution in [0.2, 0.25) is 0 Å². The van der Waals surface area contributed by atoms with Crippen molar-refractivity contribution in [2.45, 2.75) is 46.1 Å². The monoisotopic (exact) mass is 311 g/mol. The van der Waals surface area contributed by atoms with Crippen LogP contribution in [0.3, 0.4) is 0 Å². The maximum absolute atomic E-state index is 12.2. The first-order chi connectivity index (χ1) is 10.8. The number of hydrogen-bond donors (Lipinski definition) is 1. The van der Waals surface area contributed by atoms with Gasteiger partial charge in [-0.25, -0.2) is 0 Å². The smallest absolute Gasteiger partial charge is 0.265 e. The summed E-state index contributed by atoms with van der Waals surface area (Å²) in [7, 11) is 0. The molecule has 2 rings (SSSR count). The van der Waals surface area contributed by atoms with E-state index in [0.29, 0.717) is 5.75 Å². The van der Waals surface area contributed by atoms with Crippen LogP contribution in [-0.2, 0) is 10.2 Å². The fraction of sp³-hybridized carbons (Fsp3) is 0.350. The van der Waals surface area contributed by atoms with Crippen molar-refractivity contribution >= 4 is 11.6 Å². The van der Waals surface area contributed by atoms with Crippen molar-refractivity contribution in [2.24, 2.45) is 0 Å². The van der Waals surface area contributed by atoms with Gasteiger partial charge in [0.05, 0.1) is 0 Å². The molecule has 0 heterocycles. The molecule has 1 N–H and O–H groups in total. The lowest BCUT2D eigenvalue weighted by Gasteiger charge is -2.20. The van der Waals surface area contributed by atoms with Crippen molar-refractivity contribution in [3.05, 3.63) is 59.7 Å². The molecule has 0 bridgehead atoms. The van der Waals surface area contributed by atoms with Gasteiger partial charge < -0.3 is 10.1 Å². The fourth-order valence-electron chi connectivity index (χ4n) is 2.26. The molecule has 1 amide bonds. The van der Waals surface area contributed by atoms with E-state index in [0.717, 1.165) is 11.3 Å². The maximum atomic E-state index is 12.2. The third-order valence-corrected chi connectivity index (χ3v) is 3.69. The molecule has 0 aliphatic carbocycles. The van der Waals surface area contributed by atoms with Crippen molar-refractivity contribution in [1.82, 2.24) is 0 Å². The van der Waals surface area contributed by atoms with Crippen LogP contribution < -0.4 is 10.1 Å². The van der Waals surface area contributed by atoms with Gasteiger partial charge in [0.25, 0.3) is 5.91 Å². The van der Waals surface area contributed by atoms with Crippen LogP contribution >= 0.6 is 0 Å². The second-order valence-electron chi connectivity index (χ2n) is 6.89. The molecular formula is C20H25NO2. The van der Waals surface area contributed by atoms with Gasteiger partial charge in [0, 0.05) is 5.69 Å². The minimum atomic E-state index is -0.559. The molecular weight excluding hydrogens is 286 g/mol. The van der Waals surface area contributed by atoms with Gasteiger partial charge in [0.15, 0.2) is 6.10 Å². The second-order valence-corrected chi connectivity index (χ2v) is 6.89. The quantitative estimate of drug-likeness (QED) is 0.889. The van der Waals surface area contributed by atoms with Crippen molar-refractivity contribution in [2.75, 3.05) is 5.32 Å². The standard InChI is InChI=1S/C20H25NO2/c1-14-7-6-8-17(13-14)21-19(22)15(2)23-18-11-9-16(10-12-18)20(3,4)5/h6-13,15H,1-5H3,(H,21,22). The van der Waals surface area contributed by atoms with Crippen molar-refractivity contribution < 1.29 is 9.53 Å². The zero-order valence-electron chi connectivity index (χ0n) is 14.5. The molecule has 2 aromatic rings. The average molecular weight is 311 g/mol. The van der Waals surface area contributed by atoms with Gasteiger partial charge >= 0.3 is 0 Å². The second kappa shape index (κ2) is 6.86. The molecule has 1 unspecified atom stereocenters. The number of anilines is 1. The highest BCUT2D eigenvalue weighted by molar-refractivity contribution is 5.94. The Bertz CT molecular complexity index is 669. The van der Waals surface area contributed by atoms with Gasteiger partial charge in [-0.05, 0) is 54.7 Å². The first-order valence-electron chi connectivity index (χ1n) is 7.90. The summed E-state index contributed by atoms with van der Waals surface area (Å²) in [6, 6.07) is 15.6. The number of benzene rings is 2. The molecule has 0 saturated heterocycles. The molecule has 2 aromatic carbocycles. The number of carbonyl (C=O) groups is 1. The first-order valence-corrected chi connectivity index (χ1v) is 7.90. The summed E-state index contributed by atoms with van der Waals surface area (Å²) >= 11 is 0. The van der Waals surface area contributed by atoms with Crippen molar-refractivity contribution in [3.63, 3.8) is 0 Å². The molecule has 122 valence electrons. The van der Waals surface area contributed by atoms with Crippen LogP contribution in [0, 0.1) is 6.92 Å². The molecule has 1 atom stereocenters. The maximum Gasteiger partial charge on any atom is 0.265 e. The molecule has 0 aromatic heterocycles. The van der Waals surface area contributed by atoms with E-state index in [1.54, 1.807) is 6.92 Å². The van der Waals surface area contributed by atoms with Crippen LogP contribution in [-0.4, -0.2) is 12.0 Å². The number of hydrogen-bond acceptors (Lipinski definition) is 2. The normalized spacial score (nSPS) is 12.6. The lowest BCUT2D eigenvalue weighted by Crippen LogP contribution is -2.30. The van der Waals surface area contributed by atoms with Gasteiger partial charge in [0.2, 0.25) is 0 Å². The Morgan fingerprint density at radius 1 is 1.09 bits per heavy atom. The number of carbonyl (C=O) groups excluding carboxylic acids is 1. The first kappa shape index (κ1) is 17.1. The summed E-state index contributed by atoms with van der Waals surface area (Å²) in [6.07, 6.45) is -0.559. The van der Waals surface area contributed by atoms with E-state index in [1.807, 2.05) is 55.5 Å². The molecule has 0 saturated carbocycles. The zero-order chi connectivity index (χ0) is 17.0. The molecule has 0 aliphatic heterocycles. The van der Waals surface area contributed by atoms with E-state index in [1.165, 1.54) is 5.56 Å². The van der Waals surface area contributed by atoms with Gasteiger partial charge in [-0.3, -0.25) is 4.79 Å². The van der Waals surface area contributed by atoms with Gasteiger partial charge in [-0.2, -0.15) is 0 Å². The van der Waals surface area contributed by atoms with Crippen LogP contribution in [0.4, 0.5) is 5.69 Å². The number of aryl methyl sites for hydroxylation is 1. The van der Waals surface area contributed by atoms with E-state index >= 15 is 0 Å². The Hall–Kier alpha value is -2.29. The average Bonchev–Trinajstić information content (AvgIpc) is 2.46. The predicted molar refractivity (Wildman–Crippen MR) is 95.0 cm³/mol. The number of rotatable bonds is 4. The van der Waals surface area contributed by atoms with Crippen LogP contribution in [0.25, 0.3) is 0 Å². The van der Waals surface area contributed by atoms with Crippen molar-refractivity contribution in [1.29, 1.82) is 0 Å². The minimum absolute atomic E-state index is 0.104. The number of nitrogens with one attached hydrogen (secondary N) is 1. The Morgan fingerprint density at radius 3 is 2.30 bits per heavy atom. The summed E-state index contributed by atoms with van der Waals surface area (Å²) < 4.78 is 5.73. The molecule has 3 nitrogen and oxygen atoms in total. The van der Waals surface area contributed by atoms with Gasteiger partial charge in [-0.15, -0.1) is 0 Å². The summed E-state index contributed by atoms with van der Waals surface area (Å²) in [5.74, 6) is 0.542. The third kappa shape index (κ3) is 4.85. The molecule has 0 aliphatic rings. The Labute approximate surface area is 138 Å². The highest BCUT2D eigenvalue weighted by Gasteiger charge is 2.16. The Kier molecular flexibility index (Phi) is 5.09.